The summed E-state index contributed by atoms with van der Waals surface area (Å²) in [6, 6.07) is 16.5. The van der Waals surface area contributed by atoms with Crippen molar-refractivity contribution in [3.05, 3.63) is 54.6 Å². The van der Waals surface area contributed by atoms with E-state index >= 15 is 0 Å². The second kappa shape index (κ2) is 5.98. The first-order chi connectivity index (χ1) is 7.20. The predicted molar refractivity (Wildman–Crippen MR) is 66.2 cm³/mol. The fraction of sp³-hybridized carbons (Fsp3) is 0. The summed E-state index contributed by atoms with van der Waals surface area (Å²) >= 11 is 4.08. The van der Waals surface area contributed by atoms with E-state index in [0.29, 0.717) is 5.69 Å². The molecule has 15 heavy (non-hydrogen) atoms. The Morgan fingerprint density at radius 2 is 1.40 bits per heavy atom. The molecule has 0 aliphatic heterocycles. The Morgan fingerprint density at radius 1 is 0.867 bits per heavy atom. The molecule has 2 rings (SSSR count). The number of phenolic OH excluding ortho intramolecular Hbond substituents is 1. The van der Waals surface area contributed by atoms with Crippen molar-refractivity contribution >= 4 is 18.3 Å². The van der Waals surface area contributed by atoms with E-state index in [9.17, 15) is 0 Å². The van der Waals surface area contributed by atoms with Crippen molar-refractivity contribution in [1.82, 2.24) is 0 Å². The van der Waals surface area contributed by atoms with Crippen LogP contribution in [0.5, 0.6) is 5.75 Å². The van der Waals surface area contributed by atoms with Gasteiger partial charge in [0.05, 0.1) is 5.69 Å². The molecule has 3 N–H and O–H groups in total. The molecule has 2 nitrogen and oxygen atoms in total. The quantitative estimate of drug-likeness (QED) is 0.362. The average Bonchev–Trinajstić information content (AvgIpc) is 2.25. The molecule has 0 aromatic heterocycles. The lowest BCUT2D eigenvalue weighted by Crippen LogP contribution is -1.82. The molecule has 2 aromatic carbocycles. The van der Waals surface area contributed by atoms with Gasteiger partial charge in [-0.05, 0) is 24.3 Å². The molecule has 0 unspecified atom stereocenters. The van der Waals surface area contributed by atoms with Gasteiger partial charge >= 0.3 is 0 Å². The van der Waals surface area contributed by atoms with Crippen molar-refractivity contribution in [3.63, 3.8) is 0 Å². The van der Waals surface area contributed by atoms with Gasteiger partial charge in [-0.25, -0.2) is 0 Å². The van der Waals surface area contributed by atoms with Gasteiger partial charge in [0.15, 0.2) is 0 Å². The Labute approximate surface area is 94.8 Å². The number of thiol groups is 1. The van der Waals surface area contributed by atoms with Gasteiger partial charge in [-0.1, -0.05) is 30.3 Å². The lowest BCUT2D eigenvalue weighted by Gasteiger charge is -1.92. The predicted octanol–water partition coefficient (Wildman–Crippen LogP) is 2.95. The molecular weight excluding hydrogens is 206 g/mol. The first-order valence-corrected chi connectivity index (χ1v) is 4.92. The zero-order valence-corrected chi connectivity index (χ0v) is 9.06. The molecular formula is C12H13NOS. The number of aromatic hydroxyl groups is 1. The van der Waals surface area contributed by atoms with Crippen LogP contribution in [0.4, 0.5) is 5.69 Å². The molecule has 0 atom stereocenters. The van der Waals surface area contributed by atoms with Crippen LogP contribution in [-0.2, 0) is 0 Å². The summed E-state index contributed by atoms with van der Waals surface area (Å²) in [4.78, 5) is 1.02. The molecule has 0 radical (unpaired) electrons. The molecule has 0 aliphatic carbocycles. The SMILES string of the molecule is Nc1ccccc1O.Sc1ccccc1. The molecule has 0 fully saturated rings. The summed E-state index contributed by atoms with van der Waals surface area (Å²) in [5.41, 5.74) is 5.69. The first-order valence-electron chi connectivity index (χ1n) is 4.47. The first kappa shape index (κ1) is 11.5. The third-order valence-electron chi connectivity index (χ3n) is 1.69. The normalized spacial score (nSPS) is 8.87. The minimum atomic E-state index is 0.146. The zero-order valence-electron chi connectivity index (χ0n) is 8.17. The van der Waals surface area contributed by atoms with Crippen molar-refractivity contribution in [1.29, 1.82) is 0 Å². The van der Waals surface area contributed by atoms with Gasteiger partial charge in [0.1, 0.15) is 5.75 Å². The Hall–Kier alpha value is -1.61. The summed E-state index contributed by atoms with van der Waals surface area (Å²) < 4.78 is 0. The lowest BCUT2D eigenvalue weighted by molar-refractivity contribution is 0.478. The molecule has 0 saturated heterocycles. The molecule has 0 aliphatic rings. The minimum absolute atomic E-state index is 0.146. The molecule has 2 aromatic rings. The van der Waals surface area contributed by atoms with Gasteiger partial charge in [0, 0.05) is 4.90 Å². The Bertz CT molecular complexity index is 382. The van der Waals surface area contributed by atoms with E-state index in [1.807, 2.05) is 30.3 Å². The molecule has 78 valence electrons. The minimum Gasteiger partial charge on any atom is -0.506 e. The third kappa shape index (κ3) is 4.42. The van der Waals surface area contributed by atoms with Crippen molar-refractivity contribution in [3.8, 4) is 5.75 Å². The summed E-state index contributed by atoms with van der Waals surface area (Å²) in [6.45, 7) is 0. The number of nitrogens with two attached hydrogens (primary N) is 1. The zero-order chi connectivity index (χ0) is 11.1. The monoisotopic (exact) mass is 219 g/mol. The summed E-state index contributed by atoms with van der Waals surface area (Å²) in [5, 5.41) is 8.79. The van der Waals surface area contributed by atoms with Crippen molar-refractivity contribution in [2.45, 2.75) is 4.90 Å². The van der Waals surface area contributed by atoms with Crippen LogP contribution < -0.4 is 5.73 Å². The van der Waals surface area contributed by atoms with Crippen LogP contribution in [0.25, 0.3) is 0 Å². The average molecular weight is 219 g/mol. The largest absolute Gasteiger partial charge is 0.506 e. The fourth-order valence-electron chi connectivity index (χ4n) is 0.916. The van der Waals surface area contributed by atoms with E-state index in [0.717, 1.165) is 4.90 Å². The molecule has 0 spiro atoms. The Balaban J connectivity index is 0.000000151. The van der Waals surface area contributed by atoms with Gasteiger partial charge < -0.3 is 10.8 Å². The van der Waals surface area contributed by atoms with Crippen LogP contribution >= 0.6 is 12.6 Å². The Morgan fingerprint density at radius 3 is 1.73 bits per heavy atom. The summed E-state index contributed by atoms with van der Waals surface area (Å²) in [7, 11) is 0. The number of para-hydroxylation sites is 2. The van der Waals surface area contributed by atoms with Crippen molar-refractivity contribution < 1.29 is 5.11 Å². The second-order valence-electron chi connectivity index (χ2n) is 2.89. The van der Waals surface area contributed by atoms with Crippen LogP contribution in [0.2, 0.25) is 0 Å². The number of rotatable bonds is 0. The number of hydrogen-bond donors (Lipinski definition) is 3. The number of anilines is 1. The smallest absolute Gasteiger partial charge is 0.138 e. The maximum atomic E-state index is 8.79. The maximum Gasteiger partial charge on any atom is 0.138 e. The molecule has 0 amide bonds. The van der Waals surface area contributed by atoms with E-state index in [-0.39, 0.29) is 5.75 Å². The van der Waals surface area contributed by atoms with Gasteiger partial charge in [-0.2, -0.15) is 0 Å². The second-order valence-corrected chi connectivity index (χ2v) is 3.41. The van der Waals surface area contributed by atoms with Gasteiger partial charge in [0.25, 0.3) is 0 Å². The van der Waals surface area contributed by atoms with E-state index in [1.54, 1.807) is 24.3 Å². The van der Waals surface area contributed by atoms with Crippen molar-refractivity contribution in [2.75, 3.05) is 5.73 Å². The molecule has 3 heteroatoms. The fourth-order valence-corrected chi connectivity index (χ4v) is 1.09. The summed E-state index contributed by atoms with van der Waals surface area (Å²) in [5.74, 6) is 0.146. The van der Waals surface area contributed by atoms with E-state index in [2.05, 4.69) is 12.6 Å². The topological polar surface area (TPSA) is 46.2 Å². The molecule has 0 saturated carbocycles. The highest BCUT2D eigenvalue weighted by Gasteiger charge is 1.87. The van der Waals surface area contributed by atoms with Crippen molar-refractivity contribution in [2.24, 2.45) is 0 Å². The standard InChI is InChI=1S/C6H7NO.C6H6S/c7-5-3-1-2-4-6(5)8;7-6-4-2-1-3-5-6/h1-4,8H,7H2;1-5,7H. The van der Waals surface area contributed by atoms with Gasteiger partial charge in [-0.15, -0.1) is 12.6 Å². The highest BCUT2D eigenvalue weighted by Crippen LogP contribution is 2.16. The number of benzene rings is 2. The number of phenols is 1. The highest BCUT2D eigenvalue weighted by molar-refractivity contribution is 7.80. The van der Waals surface area contributed by atoms with Gasteiger partial charge in [-0.3, -0.25) is 0 Å². The highest BCUT2D eigenvalue weighted by atomic mass is 32.1. The molecule has 0 bridgehead atoms. The maximum absolute atomic E-state index is 8.79. The van der Waals surface area contributed by atoms with E-state index in [4.69, 9.17) is 10.8 Å². The van der Waals surface area contributed by atoms with Crippen LogP contribution in [-0.4, -0.2) is 5.11 Å². The summed E-state index contributed by atoms with van der Waals surface area (Å²) in [6.07, 6.45) is 0. The van der Waals surface area contributed by atoms with E-state index in [1.165, 1.54) is 0 Å². The van der Waals surface area contributed by atoms with Crippen LogP contribution in [0.1, 0.15) is 0 Å². The van der Waals surface area contributed by atoms with Gasteiger partial charge in [0.2, 0.25) is 0 Å². The van der Waals surface area contributed by atoms with Crippen LogP contribution in [0.3, 0.4) is 0 Å². The number of hydrogen-bond acceptors (Lipinski definition) is 3. The van der Waals surface area contributed by atoms with E-state index < -0.39 is 0 Å². The van der Waals surface area contributed by atoms with Crippen LogP contribution in [0.15, 0.2) is 59.5 Å². The lowest BCUT2D eigenvalue weighted by atomic mass is 10.3. The number of nitrogen functional groups attached to an aromatic ring is 1. The Kier molecular flexibility index (Phi) is 4.57. The molecule has 0 heterocycles. The van der Waals surface area contributed by atoms with Crippen LogP contribution in [0, 0.1) is 0 Å². The third-order valence-corrected chi connectivity index (χ3v) is 1.99.